The molecule has 0 aliphatic carbocycles. The molecule has 6 nitrogen and oxygen atoms in total. The quantitative estimate of drug-likeness (QED) is 0.257. The Kier molecular flexibility index (Phi) is 6.61. The van der Waals surface area contributed by atoms with E-state index in [0.717, 1.165) is 5.56 Å². The van der Waals surface area contributed by atoms with Crippen LogP contribution in [-0.4, -0.2) is 31.7 Å². The van der Waals surface area contributed by atoms with Gasteiger partial charge in [-0.15, -0.1) is 0 Å². The molecule has 150 valence electrons. The van der Waals surface area contributed by atoms with Crippen LogP contribution in [0.3, 0.4) is 0 Å². The van der Waals surface area contributed by atoms with E-state index in [4.69, 9.17) is 13.9 Å². The van der Waals surface area contributed by atoms with Gasteiger partial charge in [-0.25, -0.2) is 9.59 Å². The number of rotatable bonds is 7. The third-order valence-corrected chi connectivity index (χ3v) is 6.05. The second-order valence-electron chi connectivity index (χ2n) is 6.16. The van der Waals surface area contributed by atoms with Gasteiger partial charge in [0.25, 0.3) is 0 Å². The van der Waals surface area contributed by atoms with Crippen molar-refractivity contribution in [2.75, 3.05) is 25.7 Å². The fourth-order valence-electron chi connectivity index (χ4n) is 2.71. The van der Waals surface area contributed by atoms with Gasteiger partial charge in [-0.05, 0) is 29.5 Å². The maximum absolute atomic E-state index is 12.7. The van der Waals surface area contributed by atoms with Crippen LogP contribution in [0.5, 0.6) is 11.5 Å². The number of hydrogen-bond donors (Lipinski definition) is 0. The average Bonchev–Trinajstić information content (AvgIpc) is 2.72. The lowest BCUT2D eigenvalue weighted by Crippen LogP contribution is -2.22. The van der Waals surface area contributed by atoms with E-state index in [-0.39, 0.29) is 22.8 Å². The number of ether oxygens (including phenoxy) is 2. The van der Waals surface area contributed by atoms with Gasteiger partial charge in [-0.3, -0.25) is 0 Å². The van der Waals surface area contributed by atoms with Crippen LogP contribution >= 0.6 is 0 Å². The Morgan fingerprint density at radius 3 is 2.69 bits per heavy atom. The summed E-state index contributed by atoms with van der Waals surface area (Å²) in [4.78, 5) is 24.3. The van der Waals surface area contributed by atoms with Gasteiger partial charge in [0.2, 0.25) is 4.90 Å². The van der Waals surface area contributed by atoms with Crippen LogP contribution < -0.4 is 15.5 Å². The molecule has 0 saturated heterocycles. The van der Waals surface area contributed by atoms with Crippen LogP contribution in [0.25, 0.3) is 17.0 Å². The summed E-state index contributed by atoms with van der Waals surface area (Å²) in [7, 11) is 0.764. The third kappa shape index (κ3) is 5.00. The van der Waals surface area contributed by atoms with Crippen molar-refractivity contribution >= 4 is 33.9 Å². The number of benzene rings is 2. The highest BCUT2D eigenvalue weighted by Crippen LogP contribution is 2.29. The zero-order valence-electron chi connectivity index (χ0n) is 16.0. The standard InChI is InChI=1S/C22H20O6S/c1-26-16-9-10-17-18(14-16)28-22(25)21(20(17)24)29(2)13-12-27-19(23)11-8-15-6-4-3-5-7-15/h3-11,14H,12-13H2,1-2H3/b11-8+. The molecule has 1 aromatic heterocycles. The molecule has 0 aliphatic rings. The molecule has 3 rings (SSSR count). The minimum atomic E-state index is -0.727. The van der Waals surface area contributed by atoms with Crippen LogP contribution in [0.15, 0.2) is 68.7 Å². The minimum absolute atomic E-state index is 0.0820. The fourth-order valence-corrected chi connectivity index (χ4v) is 4.00. The Balaban J connectivity index is 1.65. The maximum atomic E-state index is 12.7. The van der Waals surface area contributed by atoms with E-state index in [1.807, 2.05) is 30.3 Å². The van der Waals surface area contributed by atoms with Crippen LogP contribution in [-0.2, 0) is 20.4 Å². The zero-order chi connectivity index (χ0) is 20.8. The number of hydrogen-bond acceptors (Lipinski definition) is 6. The van der Waals surface area contributed by atoms with Gasteiger partial charge in [0.05, 0.1) is 7.11 Å². The predicted octanol–water partition coefficient (Wildman–Crippen LogP) is 2.74. The molecule has 1 heterocycles. The van der Waals surface area contributed by atoms with Gasteiger partial charge in [-0.2, -0.15) is 0 Å². The van der Waals surface area contributed by atoms with E-state index in [1.54, 1.807) is 24.5 Å². The van der Waals surface area contributed by atoms with Crippen LogP contribution in [0.4, 0.5) is 0 Å². The lowest BCUT2D eigenvalue weighted by molar-refractivity contribution is -0.270. The Morgan fingerprint density at radius 1 is 1.21 bits per heavy atom. The topological polar surface area (TPSA) is 88.8 Å². The first-order chi connectivity index (χ1) is 14.0. The summed E-state index contributed by atoms with van der Waals surface area (Å²) in [6, 6.07) is 14.1. The smallest absolute Gasteiger partial charge is 0.391 e. The fraction of sp³-hybridized carbons (Fsp3) is 0.182. The van der Waals surface area contributed by atoms with E-state index in [0.29, 0.717) is 16.9 Å². The summed E-state index contributed by atoms with van der Waals surface area (Å²) in [5.74, 6) is 0.0108. The Hall–Kier alpha value is -3.19. The van der Waals surface area contributed by atoms with Crippen LogP contribution in [0.2, 0.25) is 0 Å². The van der Waals surface area contributed by atoms with Gasteiger partial charge >= 0.3 is 11.6 Å². The zero-order valence-corrected chi connectivity index (χ0v) is 16.9. The molecule has 1 unspecified atom stereocenters. The molecule has 3 aromatic rings. The Morgan fingerprint density at radius 2 is 1.97 bits per heavy atom. The van der Waals surface area contributed by atoms with Gasteiger partial charge < -0.3 is 19.0 Å². The van der Waals surface area contributed by atoms with Gasteiger partial charge in [0.15, 0.2) is 0 Å². The molecule has 0 fully saturated rings. The molecule has 1 atom stereocenters. The number of carbonyl (C=O) groups excluding carboxylic acids is 1. The van der Waals surface area contributed by atoms with E-state index in [9.17, 15) is 14.7 Å². The number of fused-ring (bicyclic) bond motifs is 1. The molecule has 7 heteroatoms. The molecule has 0 radical (unpaired) electrons. The molecule has 0 bridgehead atoms. The first kappa shape index (κ1) is 20.5. The number of carbonyl (C=O) groups is 1. The summed E-state index contributed by atoms with van der Waals surface area (Å²) in [5, 5.41) is 13.1. The monoisotopic (exact) mass is 412 g/mol. The molecule has 2 aromatic carbocycles. The van der Waals surface area contributed by atoms with Gasteiger partial charge in [0.1, 0.15) is 29.9 Å². The molecule has 0 spiro atoms. The van der Waals surface area contributed by atoms with Crippen molar-refractivity contribution in [2.45, 2.75) is 4.90 Å². The highest BCUT2D eigenvalue weighted by molar-refractivity contribution is 7.96. The van der Waals surface area contributed by atoms with Gasteiger partial charge in [0, 0.05) is 28.4 Å². The summed E-state index contributed by atoms with van der Waals surface area (Å²) in [5.41, 5.74) is 0.413. The Labute approximate surface area is 170 Å². The van der Waals surface area contributed by atoms with Crippen molar-refractivity contribution in [2.24, 2.45) is 0 Å². The SMILES string of the molecule is COc1ccc2c([O-])c([S+](C)CCOC(=O)/C=C/c3ccccc3)c(=O)oc2c1. The number of esters is 1. The highest BCUT2D eigenvalue weighted by atomic mass is 32.2. The van der Waals surface area contributed by atoms with Crippen molar-refractivity contribution < 1.29 is 23.8 Å². The lowest BCUT2D eigenvalue weighted by Gasteiger charge is -2.14. The van der Waals surface area contributed by atoms with Crippen LogP contribution in [0.1, 0.15) is 5.56 Å². The molecule has 0 N–H and O–H groups in total. The molecular formula is C22H20O6S. The first-order valence-electron chi connectivity index (χ1n) is 8.84. The summed E-state index contributed by atoms with van der Waals surface area (Å²) in [6.07, 6.45) is 4.77. The highest BCUT2D eigenvalue weighted by Gasteiger charge is 2.24. The summed E-state index contributed by atoms with van der Waals surface area (Å²) >= 11 is 0. The largest absolute Gasteiger partial charge is 0.868 e. The van der Waals surface area contributed by atoms with Gasteiger partial charge in [-0.1, -0.05) is 30.3 Å². The first-order valence-corrected chi connectivity index (χ1v) is 10.6. The lowest BCUT2D eigenvalue weighted by atomic mass is 10.2. The minimum Gasteiger partial charge on any atom is -0.868 e. The van der Waals surface area contributed by atoms with Crippen molar-refractivity contribution in [3.8, 4) is 11.5 Å². The Bertz CT molecular complexity index is 1090. The van der Waals surface area contributed by atoms with E-state index < -0.39 is 22.5 Å². The second-order valence-corrected chi connectivity index (χ2v) is 8.25. The third-order valence-electron chi connectivity index (χ3n) is 4.22. The van der Waals surface area contributed by atoms with Crippen molar-refractivity contribution in [1.82, 2.24) is 0 Å². The predicted molar refractivity (Wildman–Crippen MR) is 111 cm³/mol. The van der Waals surface area contributed by atoms with Crippen molar-refractivity contribution in [1.29, 1.82) is 0 Å². The molecule has 0 saturated carbocycles. The molecular weight excluding hydrogens is 392 g/mol. The van der Waals surface area contributed by atoms with Crippen molar-refractivity contribution in [3.05, 3.63) is 70.6 Å². The summed E-state index contributed by atoms with van der Waals surface area (Å²) in [6.45, 7) is 0.0943. The van der Waals surface area contributed by atoms with Crippen LogP contribution in [0, 0.1) is 0 Å². The molecule has 0 amide bonds. The maximum Gasteiger partial charge on any atom is 0.391 e. The normalized spacial score (nSPS) is 12.2. The molecule has 29 heavy (non-hydrogen) atoms. The molecule has 0 aliphatic heterocycles. The summed E-state index contributed by atoms with van der Waals surface area (Å²) < 4.78 is 15.6. The average molecular weight is 412 g/mol. The van der Waals surface area contributed by atoms with E-state index in [1.165, 1.54) is 19.3 Å². The van der Waals surface area contributed by atoms with E-state index >= 15 is 0 Å². The van der Waals surface area contributed by atoms with Crippen molar-refractivity contribution in [3.63, 3.8) is 0 Å². The second kappa shape index (κ2) is 9.34. The number of methoxy groups -OCH3 is 1. The van der Waals surface area contributed by atoms with E-state index in [2.05, 4.69) is 0 Å².